The predicted octanol–water partition coefficient (Wildman–Crippen LogP) is 3.03. The Labute approximate surface area is 145 Å². The first-order valence-electron chi connectivity index (χ1n) is 8.19. The Balaban J connectivity index is 2.10. The number of nitrogens with zero attached hydrogens (tertiary/aromatic N) is 1. The standard InChI is InChI=1S/C17H22F2N2O4/c1-3-5-15(22)21-9-4-6-12(21)16(23)20-11-7-8-13(24-2)14(10-11)25-17(18)19/h7-8,10,12,17H,3-6,9H2,1-2H3,(H,20,23)/t12-/m0/s1. The molecule has 0 aliphatic carbocycles. The molecule has 8 heteroatoms. The van der Waals surface area contributed by atoms with Gasteiger partial charge in [-0.2, -0.15) is 8.78 Å². The molecule has 1 aliphatic heterocycles. The van der Waals surface area contributed by atoms with Crippen LogP contribution in [0.4, 0.5) is 14.5 Å². The lowest BCUT2D eigenvalue weighted by Gasteiger charge is -2.24. The summed E-state index contributed by atoms with van der Waals surface area (Å²) >= 11 is 0. The fourth-order valence-electron chi connectivity index (χ4n) is 2.86. The summed E-state index contributed by atoms with van der Waals surface area (Å²) in [4.78, 5) is 26.2. The lowest BCUT2D eigenvalue weighted by molar-refractivity contribution is -0.136. The van der Waals surface area contributed by atoms with E-state index in [1.807, 2.05) is 6.92 Å². The highest BCUT2D eigenvalue weighted by Crippen LogP contribution is 2.32. The number of anilines is 1. The van der Waals surface area contributed by atoms with Crippen LogP contribution in [0.2, 0.25) is 0 Å². The average molecular weight is 356 g/mol. The molecule has 1 N–H and O–H groups in total. The predicted molar refractivity (Wildman–Crippen MR) is 87.9 cm³/mol. The van der Waals surface area contributed by atoms with Crippen molar-refractivity contribution < 1.29 is 27.8 Å². The Kier molecular flexibility index (Phi) is 6.55. The number of ether oxygens (including phenoxy) is 2. The van der Waals surface area contributed by atoms with Crippen molar-refractivity contribution in [2.24, 2.45) is 0 Å². The van der Waals surface area contributed by atoms with E-state index >= 15 is 0 Å². The van der Waals surface area contributed by atoms with E-state index in [1.165, 1.54) is 25.3 Å². The van der Waals surface area contributed by atoms with Gasteiger partial charge in [0.1, 0.15) is 6.04 Å². The molecule has 1 aromatic carbocycles. The van der Waals surface area contributed by atoms with Crippen molar-refractivity contribution in [2.75, 3.05) is 19.0 Å². The fraction of sp³-hybridized carbons (Fsp3) is 0.529. The fourth-order valence-corrected chi connectivity index (χ4v) is 2.86. The summed E-state index contributed by atoms with van der Waals surface area (Å²) in [5.74, 6) is -0.411. The van der Waals surface area contributed by atoms with Gasteiger partial charge in [0.25, 0.3) is 0 Å². The van der Waals surface area contributed by atoms with E-state index in [1.54, 1.807) is 4.90 Å². The second kappa shape index (κ2) is 8.64. The van der Waals surface area contributed by atoms with E-state index in [9.17, 15) is 18.4 Å². The quantitative estimate of drug-likeness (QED) is 0.815. The number of halogens is 2. The molecule has 1 fully saturated rings. The van der Waals surface area contributed by atoms with Gasteiger partial charge < -0.3 is 19.7 Å². The van der Waals surface area contributed by atoms with Gasteiger partial charge in [-0.1, -0.05) is 6.92 Å². The lowest BCUT2D eigenvalue weighted by Crippen LogP contribution is -2.43. The van der Waals surface area contributed by atoms with Crippen molar-refractivity contribution in [2.45, 2.75) is 45.3 Å². The van der Waals surface area contributed by atoms with Gasteiger partial charge in [-0.15, -0.1) is 0 Å². The number of carbonyl (C=O) groups excluding carboxylic acids is 2. The molecule has 0 radical (unpaired) electrons. The molecule has 0 aromatic heterocycles. The molecular formula is C17H22F2N2O4. The molecule has 0 bridgehead atoms. The SMILES string of the molecule is CCCC(=O)N1CCC[C@H]1C(=O)Nc1ccc(OC)c(OC(F)F)c1. The summed E-state index contributed by atoms with van der Waals surface area (Å²) in [6.45, 7) is -0.540. The van der Waals surface area contributed by atoms with Crippen molar-refractivity contribution in [3.63, 3.8) is 0 Å². The summed E-state index contributed by atoms with van der Waals surface area (Å²) in [7, 11) is 1.33. The molecule has 25 heavy (non-hydrogen) atoms. The Morgan fingerprint density at radius 3 is 2.76 bits per heavy atom. The second-order valence-corrected chi connectivity index (χ2v) is 5.73. The largest absolute Gasteiger partial charge is 0.493 e. The average Bonchev–Trinajstić information content (AvgIpc) is 3.04. The molecule has 0 saturated carbocycles. The number of methoxy groups -OCH3 is 1. The van der Waals surface area contributed by atoms with E-state index in [-0.39, 0.29) is 23.3 Å². The minimum Gasteiger partial charge on any atom is -0.493 e. The third-order valence-electron chi connectivity index (χ3n) is 3.99. The van der Waals surface area contributed by atoms with Crippen LogP contribution in [0, 0.1) is 0 Å². The van der Waals surface area contributed by atoms with Crippen molar-refractivity contribution in [1.29, 1.82) is 0 Å². The van der Waals surface area contributed by atoms with Crippen molar-refractivity contribution in [3.05, 3.63) is 18.2 Å². The van der Waals surface area contributed by atoms with E-state index < -0.39 is 12.7 Å². The number of rotatable bonds is 7. The van der Waals surface area contributed by atoms with Crippen LogP contribution >= 0.6 is 0 Å². The van der Waals surface area contributed by atoms with Crippen LogP contribution < -0.4 is 14.8 Å². The maximum atomic E-state index is 12.5. The van der Waals surface area contributed by atoms with Crippen molar-refractivity contribution in [3.8, 4) is 11.5 Å². The summed E-state index contributed by atoms with van der Waals surface area (Å²) in [6, 6.07) is 3.70. The smallest absolute Gasteiger partial charge is 0.387 e. The number of carbonyl (C=O) groups is 2. The molecule has 0 spiro atoms. The number of alkyl halides is 2. The molecule has 1 heterocycles. The first kappa shape index (κ1) is 19.0. The number of hydrogen-bond acceptors (Lipinski definition) is 4. The van der Waals surface area contributed by atoms with Crippen LogP contribution in [0.1, 0.15) is 32.6 Å². The van der Waals surface area contributed by atoms with E-state index in [0.29, 0.717) is 25.1 Å². The van der Waals surface area contributed by atoms with Crippen LogP contribution in [-0.2, 0) is 9.59 Å². The topological polar surface area (TPSA) is 67.9 Å². The molecule has 138 valence electrons. The van der Waals surface area contributed by atoms with Gasteiger partial charge in [-0.25, -0.2) is 0 Å². The number of benzene rings is 1. The maximum absolute atomic E-state index is 12.5. The zero-order chi connectivity index (χ0) is 18.4. The normalized spacial score (nSPS) is 16.8. The highest BCUT2D eigenvalue weighted by Gasteiger charge is 2.33. The first-order chi connectivity index (χ1) is 12.0. The molecule has 1 aromatic rings. The van der Waals surface area contributed by atoms with E-state index in [4.69, 9.17) is 4.74 Å². The Hall–Kier alpha value is -2.38. The van der Waals surface area contributed by atoms with Crippen LogP contribution in [0.5, 0.6) is 11.5 Å². The van der Waals surface area contributed by atoms with Crippen molar-refractivity contribution in [1.82, 2.24) is 4.90 Å². The minimum atomic E-state index is -3.00. The molecular weight excluding hydrogens is 334 g/mol. The van der Waals surface area contributed by atoms with Gasteiger partial charge in [0, 0.05) is 24.7 Å². The summed E-state index contributed by atoms with van der Waals surface area (Å²) in [5, 5.41) is 2.66. The molecule has 2 rings (SSSR count). The maximum Gasteiger partial charge on any atom is 0.387 e. The van der Waals surface area contributed by atoms with Crippen molar-refractivity contribution >= 4 is 17.5 Å². The van der Waals surface area contributed by atoms with Crippen LogP contribution in [0.3, 0.4) is 0 Å². The van der Waals surface area contributed by atoms with Gasteiger partial charge in [0.2, 0.25) is 11.8 Å². The van der Waals surface area contributed by atoms with Gasteiger partial charge in [-0.05, 0) is 31.4 Å². The number of amides is 2. The highest BCUT2D eigenvalue weighted by atomic mass is 19.3. The molecule has 2 amide bonds. The molecule has 0 unspecified atom stereocenters. The van der Waals surface area contributed by atoms with Gasteiger partial charge in [-0.3, -0.25) is 9.59 Å². The Morgan fingerprint density at radius 2 is 2.12 bits per heavy atom. The summed E-state index contributed by atoms with van der Waals surface area (Å²) in [5.41, 5.74) is 0.302. The van der Waals surface area contributed by atoms with Crippen LogP contribution in [-0.4, -0.2) is 43.0 Å². The Morgan fingerprint density at radius 1 is 1.36 bits per heavy atom. The zero-order valence-corrected chi connectivity index (χ0v) is 14.3. The summed E-state index contributed by atoms with van der Waals surface area (Å²) in [6.07, 6.45) is 2.46. The van der Waals surface area contributed by atoms with Crippen LogP contribution in [0.25, 0.3) is 0 Å². The zero-order valence-electron chi connectivity index (χ0n) is 14.3. The minimum absolute atomic E-state index is 0.0448. The number of likely N-dealkylation sites (tertiary alicyclic amines) is 1. The molecule has 6 nitrogen and oxygen atoms in total. The highest BCUT2D eigenvalue weighted by molar-refractivity contribution is 5.97. The number of nitrogens with one attached hydrogen (secondary N) is 1. The van der Waals surface area contributed by atoms with E-state index in [2.05, 4.69) is 10.1 Å². The lowest BCUT2D eigenvalue weighted by atomic mass is 10.2. The van der Waals surface area contributed by atoms with Gasteiger partial charge >= 0.3 is 6.61 Å². The first-order valence-corrected chi connectivity index (χ1v) is 8.19. The summed E-state index contributed by atoms with van der Waals surface area (Å²) < 4.78 is 34.3. The molecule has 1 atom stereocenters. The Bertz CT molecular complexity index is 625. The second-order valence-electron chi connectivity index (χ2n) is 5.73. The third kappa shape index (κ3) is 4.80. The number of hydrogen-bond donors (Lipinski definition) is 1. The molecule has 1 saturated heterocycles. The van der Waals surface area contributed by atoms with E-state index in [0.717, 1.165) is 12.8 Å². The third-order valence-corrected chi connectivity index (χ3v) is 3.99. The van der Waals surface area contributed by atoms with Gasteiger partial charge in [0.05, 0.1) is 7.11 Å². The monoisotopic (exact) mass is 356 g/mol. The molecule has 1 aliphatic rings. The van der Waals surface area contributed by atoms with Gasteiger partial charge in [0.15, 0.2) is 11.5 Å². The van der Waals surface area contributed by atoms with Crippen LogP contribution in [0.15, 0.2) is 18.2 Å².